The number of nitrogens with one attached hydrogen (secondary N) is 1. The van der Waals surface area contributed by atoms with E-state index < -0.39 is 0 Å². The van der Waals surface area contributed by atoms with Crippen molar-refractivity contribution >= 4 is 0 Å². The number of hydrogen-bond acceptors (Lipinski definition) is 2. The third-order valence-electron chi connectivity index (χ3n) is 4.00. The van der Waals surface area contributed by atoms with Gasteiger partial charge in [0.25, 0.3) is 0 Å². The molecule has 2 aliphatic carbocycles. The summed E-state index contributed by atoms with van der Waals surface area (Å²) in [6.07, 6.45) is 11.0. The fourth-order valence-corrected chi connectivity index (χ4v) is 3.01. The van der Waals surface area contributed by atoms with Gasteiger partial charge < -0.3 is 10.4 Å². The summed E-state index contributed by atoms with van der Waals surface area (Å²) in [5, 5.41) is 12.5. The maximum Gasteiger partial charge on any atom is 0.0443 e. The summed E-state index contributed by atoms with van der Waals surface area (Å²) < 4.78 is 0. The molecule has 88 valence electrons. The lowest BCUT2D eigenvalue weighted by Crippen LogP contribution is -2.39. The van der Waals surface area contributed by atoms with Gasteiger partial charge in [-0.1, -0.05) is 19.3 Å². The van der Waals surface area contributed by atoms with E-state index in [9.17, 15) is 0 Å². The summed E-state index contributed by atoms with van der Waals surface area (Å²) in [5.74, 6) is 1.90. The third-order valence-corrected chi connectivity index (χ3v) is 4.00. The van der Waals surface area contributed by atoms with Crippen molar-refractivity contribution < 1.29 is 5.11 Å². The second-order valence-corrected chi connectivity index (χ2v) is 5.29. The molecule has 15 heavy (non-hydrogen) atoms. The highest BCUT2D eigenvalue weighted by Gasteiger charge is 2.36. The van der Waals surface area contributed by atoms with Crippen LogP contribution in [0.4, 0.5) is 0 Å². The second kappa shape index (κ2) is 5.86. The topological polar surface area (TPSA) is 32.3 Å². The molecule has 0 heterocycles. The second-order valence-electron chi connectivity index (χ2n) is 5.29. The Morgan fingerprint density at radius 2 is 1.67 bits per heavy atom. The molecule has 0 amide bonds. The predicted molar refractivity (Wildman–Crippen MR) is 62.8 cm³/mol. The molecule has 2 heteroatoms. The summed E-state index contributed by atoms with van der Waals surface area (Å²) in [5.41, 5.74) is 0. The standard InChI is InChI=1S/C13H25NO/c15-10-4-9-14-13(12-7-8-12)11-5-2-1-3-6-11/h11-15H,1-10H2. The molecule has 0 aliphatic heterocycles. The summed E-state index contributed by atoms with van der Waals surface area (Å²) in [6, 6.07) is 0.775. The molecule has 0 radical (unpaired) electrons. The SMILES string of the molecule is OCCCNC(C1CCCCC1)C1CC1. The van der Waals surface area contributed by atoms with Crippen LogP contribution in [0, 0.1) is 11.8 Å². The molecule has 2 nitrogen and oxygen atoms in total. The van der Waals surface area contributed by atoms with Gasteiger partial charge >= 0.3 is 0 Å². The van der Waals surface area contributed by atoms with Crippen LogP contribution in [0.15, 0.2) is 0 Å². The van der Waals surface area contributed by atoms with Crippen LogP contribution < -0.4 is 5.32 Å². The molecule has 0 bridgehead atoms. The van der Waals surface area contributed by atoms with E-state index in [4.69, 9.17) is 5.11 Å². The Kier molecular flexibility index (Phi) is 4.45. The van der Waals surface area contributed by atoms with Crippen molar-refractivity contribution in [1.29, 1.82) is 0 Å². The monoisotopic (exact) mass is 211 g/mol. The molecule has 1 unspecified atom stereocenters. The normalized spacial score (nSPS) is 25.4. The van der Waals surface area contributed by atoms with Gasteiger partial charge in [0.1, 0.15) is 0 Å². The summed E-state index contributed by atoms with van der Waals surface area (Å²) in [7, 11) is 0. The maximum absolute atomic E-state index is 8.80. The molecule has 0 aromatic rings. The molecule has 2 rings (SSSR count). The van der Waals surface area contributed by atoms with Crippen molar-refractivity contribution in [2.45, 2.75) is 57.4 Å². The van der Waals surface area contributed by atoms with Crippen LogP contribution in [0.2, 0.25) is 0 Å². The highest BCUT2D eigenvalue weighted by molar-refractivity contribution is 4.91. The van der Waals surface area contributed by atoms with Crippen LogP contribution >= 0.6 is 0 Å². The molecule has 2 saturated carbocycles. The predicted octanol–water partition coefficient (Wildman–Crippen LogP) is 2.32. The van der Waals surface area contributed by atoms with E-state index in [1.165, 1.54) is 44.9 Å². The maximum atomic E-state index is 8.80. The van der Waals surface area contributed by atoms with E-state index in [1.54, 1.807) is 0 Å². The van der Waals surface area contributed by atoms with Gasteiger partial charge in [-0.25, -0.2) is 0 Å². The molecule has 1 atom stereocenters. The molecule has 0 saturated heterocycles. The average molecular weight is 211 g/mol. The number of hydrogen-bond donors (Lipinski definition) is 2. The minimum absolute atomic E-state index is 0.328. The number of rotatable bonds is 6. The first-order chi connectivity index (χ1) is 7.42. The van der Waals surface area contributed by atoms with E-state index in [2.05, 4.69) is 5.32 Å². The van der Waals surface area contributed by atoms with Crippen molar-refractivity contribution in [3.05, 3.63) is 0 Å². The van der Waals surface area contributed by atoms with E-state index in [1.807, 2.05) is 0 Å². The fourth-order valence-electron chi connectivity index (χ4n) is 3.01. The third kappa shape index (κ3) is 3.46. The van der Waals surface area contributed by atoms with Gasteiger partial charge in [-0.2, -0.15) is 0 Å². The quantitative estimate of drug-likeness (QED) is 0.661. The van der Waals surface area contributed by atoms with Crippen LogP contribution in [0.25, 0.3) is 0 Å². The molecule has 0 aromatic carbocycles. The smallest absolute Gasteiger partial charge is 0.0443 e. The molecule has 2 N–H and O–H groups in total. The van der Waals surface area contributed by atoms with Crippen LogP contribution in [-0.4, -0.2) is 24.3 Å². The van der Waals surface area contributed by atoms with Crippen LogP contribution in [-0.2, 0) is 0 Å². The van der Waals surface area contributed by atoms with Crippen molar-refractivity contribution in [2.24, 2.45) is 11.8 Å². The van der Waals surface area contributed by atoms with Crippen LogP contribution in [0.1, 0.15) is 51.4 Å². The molecular weight excluding hydrogens is 186 g/mol. The van der Waals surface area contributed by atoms with Gasteiger partial charge in [-0.05, 0) is 50.5 Å². The van der Waals surface area contributed by atoms with Gasteiger partial charge in [0.05, 0.1) is 0 Å². The van der Waals surface area contributed by atoms with E-state index >= 15 is 0 Å². The minimum atomic E-state index is 0.328. The van der Waals surface area contributed by atoms with Gasteiger partial charge in [-0.3, -0.25) is 0 Å². The lowest BCUT2D eigenvalue weighted by Gasteiger charge is -2.31. The van der Waals surface area contributed by atoms with Gasteiger partial charge in [-0.15, -0.1) is 0 Å². The molecule has 2 fully saturated rings. The molecular formula is C13H25NO. The minimum Gasteiger partial charge on any atom is -0.396 e. The zero-order valence-electron chi connectivity index (χ0n) is 9.75. The summed E-state index contributed by atoms with van der Waals surface area (Å²) in [4.78, 5) is 0. The van der Waals surface area contributed by atoms with Crippen molar-refractivity contribution in [3.8, 4) is 0 Å². The zero-order valence-corrected chi connectivity index (χ0v) is 9.75. The highest BCUT2D eigenvalue weighted by Crippen LogP contribution is 2.40. The molecule has 0 spiro atoms. The van der Waals surface area contributed by atoms with E-state index in [0.29, 0.717) is 6.61 Å². The first-order valence-electron chi connectivity index (χ1n) is 6.76. The number of aliphatic hydroxyl groups is 1. The summed E-state index contributed by atoms with van der Waals surface area (Å²) in [6.45, 7) is 1.34. The Bertz CT molecular complexity index is 173. The molecule has 0 aromatic heterocycles. The molecule has 2 aliphatic rings. The lowest BCUT2D eigenvalue weighted by atomic mass is 9.82. The van der Waals surface area contributed by atoms with Gasteiger partial charge in [0, 0.05) is 12.6 Å². The average Bonchev–Trinajstić information content (AvgIpc) is 3.10. The highest BCUT2D eigenvalue weighted by atomic mass is 16.3. The Morgan fingerprint density at radius 3 is 2.27 bits per heavy atom. The summed E-state index contributed by atoms with van der Waals surface area (Å²) >= 11 is 0. The van der Waals surface area contributed by atoms with Crippen molar-refractivity contribution in [3.63, 3.8) is 0 Å². The Balaban J connectivity index is 1.76. The Hall–Kier alpha value is -0.0800. The Morgan fingerprint density at radius 1 is 1.00 bits per heavy atom. The first-order valence-corrected chi connectivity index (χ1v) is 6.76. The van der Waals surface area contributed by atoms with Crippen LogP contribution in [0.5, 0.6) is 0 Å². The largest absolute Gasteiger partial charge is 0.396 e. The van der Waals surface area contributed by atoms with Crippen LogP contribution in [0.3, 0.4) is 0 Å². The van der Waals surface area contributed by atoms with Crippen molar-refractivity contribution in [2.75, 3.05) is 13.2 Å². The zero-order chi connectivity index (χ0) is 10.5. The lowest BCUT2D eigenvalue weighted by molar-refractivity contribution is 0.235. The van der Waals surface area contributed by atoms with E-state index in [-0.39, 0.29) is 0 Å². The van der Waals surface area contributed by atoms with Gasteiger partial charge in [0.15, 0.2) is 0 Å². The van der Waals surface area contributed by atoms with Crippen molar-refractivity contribution in [1.82, 2.24) is 5.32 Å². The fraction of sp³-hybridized carbons (Fsp3) is 1.00. The Labute approximate surface area is 93.5 Å². The van der Waals surface area contributed by atoms with E-state index in [0.717, 1.165) is 30.8 Å². The number of aliphatic hydroxyl groups excluding tert-OH is 1. The first kappa shape index (κ1) is 11.4. The van der Waals surface area contributed by atoms with Gasteiger partial charge in [0.2, 0.25) is 0 Å².